The van der Waals surface area contributed by atoms with Crippen LogP contribution in [0.2, 0.25) is 0 Å². The zero-order valence-electron chi connectivity index (χ0n) is 8.98. The van der Waals surface area contributed by atoms with Crippen molar-refractivity contribution in [3.63, 3.8) is 0 Å². The Morgan fingerprint density at radius 1 is 1.00 bits per heavy atom. The van der Waals surface area contributed by atoms with Crippen LogP contribution in [0.15, 0.2) is 43.0 Å². The van der Waals surface area contributed by atoms with E-state index >= 15 is 0 Å². The number of aromatic nitrogens is 2. The summed E-state index contributed by atoms with van der Waals surface area (Å²) < 4.78 is 38.2. The Kier molecular flexibility index (Phi) is 3.10. The predicted octanol–water partition coefficient (Wildman–Crippen LogP) is 2.73. The van der Waals surface area contributed by atoms with Crippen LogP contribution in [0, 0.1) is 0 Å². The first-order valence-corrected chi connectivity index (χ1v) is 4.96. The lowest BCUT2D eigenvalue weighted by Gasteiger charge is -2.10. The summed E-state index contributed by atoms with van der Waals surface area (Å²) in [5.41, 5.74) is -1.31. The van der Waals surface area contributed by atoms with Crippen molar-refractivity contribution in [3.05, 3.63) is 59.7 Å². The highest BCUT2D eigenvalue weighted by Crippen LogP contribution is 2.32. The molecule has 0 fully saturated rings. The minimum atomic E-state index is -4.58. The molecule has 0 aromatic carbocycles. The Bertz CT molecular complexity index is 567. The van der Waals surface area contributed by atoms with Crippen molar-refractivity contribution in [2.45, 2.75) is 6.18 Å². The van der Waals surface area contributed by atoms with E-state index in [1.54, 1.807) is 0 Å². The molecular weight excluding hydrogens is 245 g/mol. The minimum absolute atomic E-state index is 0.142. The van der Waals surface area contributed by atoms with Crippen LogP contribution in [0.4, 0.5) is 13.2 Å². The molecule has 0 bridgehead atoms. The maximum absolute atomic E-state index is 12.7. The molecule has 0 aliphatic heterocycles. The van der Waals surface area contributed by atoms with Crippen LogP contribution in [-0.4, -0.2) is 15.8 Å². The normalized spacial score (nSPS) is 11.3. The maximum Gasteiger partial charge on any atom is 0.417 e. The number of carbonyl (C=O) groups is 1. The standard InChI is InChI=1S/C12H7F3N2O/c13-12(14,15)10-3-6-17-7-9(10)11(18)8-1-4-16-5-2-8/h1-7H. The maximum atomic E-state index is 12.7. The minimum Gasteiger partial charge on any atom is -0.289 e. The van der Waals surface area contributed by atoms with E-state index in [0.29, 0.717) is 0 Å². The van der Waals surface area contributed by atoms with Crippen LogP contribution in [0.25, 0.3) is 0 Å². The second kappa shape index (κ2) is 4.56. The second-order valence-electron chi connectivity index (χ2n) is 3.48. The molecule has 0 amide bonds. The van der Waals surface area contributed by atoms with Crippen LogP contribution >= 0.6 is 0 Å². The van der Waals surface area contributed by atoms with E-state index in [1.807, 2.05) is 0 Å². The van der Waals surface area contributed by atoms with Gasteiger partial charge in [-0.2, -0.15) is 13.2 Å². The topological polar surface area (TPSA) is 42.9 Å². The summed E-state index contributed by atoms with van der Waals surface area (Å²) in [4.78, 5) is 19.2. The summed E-state index contributed by atoms with van der Waals surface area (Å²) in [5.74, 6) is -0.724. The number of nitrogens with zero attached hydrogens (tertiary/aromatic N) is 2. The summed E-state index contributed by atoms with van der Waals surface area (Å²) in [6, 6.07) is 3.50. The SMILES string of the molecule is O=C(c1ccncc1)c1cnccc1C(F)(F)F. The molecule has 3 nitrogen and oxygen atoms in total. The number of ketones is 1. The fraction of sp³-hybridized carbons (Fsp3) is 0.0833. The molecule has 2 heterocycles. The highest BCUT2D eigenvalue weighted by Gasteiger charge is 2.35. The Balaban J connectivity index is 2.50. The highest BCUT2D eigenvalue weighted by molar-refractivity contribution is 6.09. The Hall–Kier alpha value is -2.24. The van der Waals surface area contributed by atoms with Crippen molar-refractivity contribution in [2.24, 2.45) is 0 Å². The lowest BCUT2D eigenvalue weighted by molar-refractivity contribution is -0.137. The van der Waals surface area contributed by atoms with Gasteiger partial charge in [0.25, 0.3) is 0 Å². The Labute approximate surface area is 100 Å². The van der Waals surface area contributed by atoms with Gasteiger partial charge >= 0.3 is 6.18 Å². The van der Waals surface area contributed by atoms with Crippen LogP contribution < -0.4 is 0 Å². The number of pyridine rings is 2. The molecule has 0 N–H and O–H groups in total. The lowest BCUT2D eigenvalue weighted by atomic mass is 10.0. The largest absolute Gasteiger partial charge is 0.417 e. The molecule has 92 valence electrons. The van der Waals surface area contributed by atoms with Gasteiger partial charge in [-0.25, -0.2) is 0 Å². The molecule has 0 atom stereocenters. The summed E-state index contributed by atoms with van der Waals surface area (Å²) in [5, 5.41) is 0. The number of rotatable bonds is 2. The zero-order chi connectivity index (χ0) is 13.2. The van der Waals surface area contributed by atoms with Gasteiger partial charge in [-0.3, -0.25) is 14.8 Å². The summed E-state index contributed by atoms with van der Waals surface area (Å²) >= 11 is 0. The van der Waals surface area contributed by atoms with Gasteiger partial charge in [0.15, 0.2) is 5.78 Å². The smallest absolute Gasteiger partial charge is 0.289 e. The van der Waals surface area contributed by atoms with E-state index in [-0.39, 0.29) is 5.56 Å². The van der Waals surface area contributed by atoms with Gasteiger partial charge in [0.05, 0.1) is 11.1 Å². The molecule has 0 spiro atoms. The van der Waals surface area contributed by atoms with Crippen LogP contribution in [0.3, 0.4) is 0 Å². The zero-order valence-corrected chi connectivity index (χ0v) is 8.98. The monoisotopic (exact) mass is 252 g/mol. The summed E-state index contributed by atoms with van der Waals surface area (Å²) in [6.45, 7) is 0. The summed E-state index contributed by atoms with van der Waals surface area (Å²) in [7, 11) is 0. The average Bonchev–Trinajstić information content (AvgIpc) is 2.38. The molecule has 0 aliphatic rings. The second-order valence-corrected chi connectivity index (χ2v) is 3.48. The fourth-order valence-electron chi connectivity index (χ4n) is 1.48. The first-order chi connectivity index (χ1) is 8.50. The summed E-state index contributed by atoms with van der Waals surface area (Å²) in [6.07, 6.45) is 0.0342. The Morgan fingerprint density at radius 2 is 1.61 bits per heavy atom. The molecule has 2 aromatic rings. The van der Waals surface area contributed by atoms with Gasteiger partial charge in [-0.05, 0) is 18.2 Å². The van der Waals surface area contributed by atoms with Crippen molar-refractivity contribution < 1.29 is 18.0 Å². The van der Waals surface area contributed by atoms with Gasteiger partial charge in [-0.1, -0.05) is 0 Å². The fourth-order valence-corrected chi connectivity index (χ4v) is 1.48. The molecule has 2 aromatic heterocycles. The van der Waals surface area contributed by atoms with Gasteiger partial charge < -0.3 is 0 Å². The third-order valence-corrected chi connectivity index (χ3v) is 2.31. The first kappa shape index (κ1) is 12.2. The first-order valence-electron chi connectivity index (χ1n) is 4.96. The molecule has 0 saturated carbocycles. The lowest BCUT2D eigenvalue weighted by Crippen LogP contribution is -2.14. The number of alkyl halides is 3. The molecule has 18 heavy (non-hydrogen) atoms. The van der Waals surface area contributed by atoms with Crippen molar-refractivity contribution >= 4 is 5.78 Å². The molecule has 6 heteroatoms. The molecular formula is C12H7F3N2O. The van der Waals surface area contributed by atoms with Gasteiger partial charge in [0.2, 0.25) is 0 Å². The van der Waals surface area contributed by atoms with Crippen LogP contribution in [0.1, 0.15) is 21.5 Å². The van der Waals surface area contributed by atoms with Crippen molar-refractivity contribution in [1.82, 2.24) is 9.97 Å². The molecule has 0 aliphatic carbocycles. The van der Waals surface area contributed by atoms with Crippen molar-refractivity contribution in [2.75, 3.05) is 0 Å². The highest BCUT2D eigenvalue weighted by atomic mass is 19.4. The van der Waals surface area contributed by atoms with Crippen molar-refractivity contribution in [3.8, 4) is 0 Å². The predicted molar refractivity (Wildman–Crippen MR) is 56.9 cm³/mol. The molecule has 0 unspecified atom stereocenters. The average molecular weight is 252 g/mol. The van der Waals surface area contributed by atoms with E-state index in [4.69, 9.17) is 0 Å². The molecule has 2 rings (SSSR count). The van der Waals surface area contributed by atoms with E-state index in [0.717, 1.165) is 18.5 Å². The van der Waals surface area contributed by atoms with Crippen LogP contribution in [0.5, 0.6) is 0 Å². The molecule has 0 saturated heterocycles. The van der Waals surface area contributed by atoms with E-state index in [1.165, 1.54) is 24.5 Å². The van der Waals surface area contributed by atoms with Gasteiger partial charge in [0, 0.05) is 30.4 Å². The van der Waals surface area contributed by atoms with E-state index in [2.05, 4.69) is 9.97 Å². The number of carbonyl (C=O) groups excluding carboxylic acids is 1. The third kappa shape index (κ3) is 2.37. The number of halogens is 3. The molecule has 0 radical (unpaired) electrons. The van der Waals surface area contributed by atoms with Gasteiger partial charge in [-0.15, -0.1) is 0 Å². The Morgan fingerprint density at radius 3 is 2.22 bits per heavy atom. The van der Waals surface area contributed by atoms with E-state index < -0.39 is 23.1 Å². The van der Waals surface area contributed by atoms with E-state index in [9.17, 15) is 18.0 Å². The van der Waals surface area contributed by atoms with Crippen LogP contribution in [-0.2, 0) is 6.18 Å². The number of hydrogen-bond donors (Lipinski definition) is 0. The van der Waals surface area contributed by atoms with Gasteiger partial charge in [0.1, 0.15) is 0 Å². The third-order valence-electron chi connectivity index (χ3n) is 2.31. The quantitative estimate of drug-likeness (QED) is 0.772. The number of hydrogen-bond acceptors (Lipinski definition) is 3. The van der Waals surface area contributed by atoms with Crippen molar-refractivity contribution in [1.29, 1.82) is 0 Å².